The van der Waals surface area contributed by atoms with E-state index < -0.39 is 6.09 Å². The summed E-state index contributed by atoms with van der Waals surface area (Å²) in [6, 6.07) is 16.3. The molecule has 0 bridgehead atoms. The first-order chi connectivity index (χ1) is 9.65. The molecule has 1 amide bonds. The highest BCUT2D eigenvalue weighted by Crippen LogP contribution is 2.09. The zero-order valence-electron chi connectivity index (χ0n) is 10.7. The Balaban J connectivity index is 1.90. The van der Waals surface area contributed by atoms with Gasteiger partial charge in [-0.2, -0.15) is 0 Å². The van der Waals surface area contributed by atoms with E-state index in [1.54, 1.807) is 24.3 Å². The Morgan fingerprint density at radius 1 is 1.15 bits per heavy atom. The number of carbonyl (C=O) groups is 1. The van der Waals surface area contributed by atoms with E-state index in [9.17, 15) is 4.79 Å². The van der Waals surface area contributed by atoms with Crippen molar-refractivity contribution < 1.29 is 9.53 Å². The van der Waals surface area contributed by atoms with Gasteiger partial charge in [-0.25, -0.2) is 4.79 Å². The van der Waals surface area contributed by atoms with Crippen LogP contribution in [0.15, 0.2) is 54.6 Å². The van der Waals surface area contributed by atoms with Crippen LogP contribution in [0.3, 0.4) is 0 Å². The van der Waals surface area contributed by atoms with Crippen LogP contribution < -0.4 is 15.8 Å². The normalized spacial score (nSPS) is 9.80. The van der Waals surface area contributed by atoms with Crippen LogP contribution in [0, 0.1) is 0 Å². The fourth-order valence-electron chi connectivity index (χ4n) is 1.64. The molecule has 0 aliphatic heterocycles. The lowest BCUT2D eigenvalue weighted by molar-refractivity contribution is 0.200. The van der Waals surface area contributed by atoms with Gasteiger partial charge in [-0.3, -0.25) is 0 Å². The van der Waals surface area contributed by atoms with Crippen LogP contribution in [-0.4, -0.2) is 11.1 Å². The molecule has 2 aromatic carbocycles. The Morgan fingerprint density at radius 3 is 2.60 bits per heavy atom. The van der Waals surface area contributed by atoms with Crippen molar-refractivity contribution >= 4 is 23.3 Å². The Morgan fingerprint density at radius 2 is 1.90 bits per heavy atom. The number of thiocarbonyl (C=S) groups is 1. The summed E-state index contributed by atoms with van der Waals surface area (Å²) in [4.78, 5) is 12.0. The smallest absolute Gasteiger partial charge is 0.410 e. The number of rotatable bonds is 4. The Kier molecular flexibility index (Phi) is 4.68. The fourth-order valence-corrected chi connectivity index (χ4v) is 1.77. The van der Waals surface area contributed by atoms with Crippen molar-refractivity contribution in [2.75, 3.05) is 0 Å². The Bertz CT molecular complexity index is 614. The summed E-state index contributed by atoms with van der Waals surface area (Å²) < 4.78 is 5.11. The van der Waals surface area contributed by atoms with Gasteiger partial charge in [-0.15, -0.1) is 0 Å². The number of ether oxygens (including phenoxy) is 1. The molecule has 0 saturated heterocycles. The number of nitrogens with two attached hydrogens (primary N) is 1. The minimum Gasteiger partial charge on any atom is -0.410 e. The highest BCUT2D eigenvalue weighted by molar-refractivity contribution is 7.80. The highest BCUT2D eigenvalue weighted by Gasteiger charge is 2.04. The van der Waals surface area contributed by atoms with Crippen LogP contribution in [0.1, 0.15) is 11.1 Å². The molecule has 2 aromatic rings. The predicted molar refractivity (Wildman–Crippen MR) is 81.6 cm³/mol. The molecule has 0 radical (unpaired) electrons. The summed E-state index contributed by atoms with van der Waals surface area (Å²) in [6.45, 7) is 0.349. The van der Waals surface area contributed by atoms with Crippen LogP contribution in [0.2, 0.25) is 0 Å². The largest absolute Gasteiger partial charge is 0.412 e. The number of carbonyl (C=O) groups excluding carboxylic acids is 1. The molecule has 0 atom stereocenters. The summed E-state index contributed by atoms with van der Waals surface area (Å²) in [5, 5.41) is 2.67. The molecule has 0 unspecified atom stereocenters. The van der Waals surface area contributed by atoms with Crippen molar-refractivity contribution in [2.24, 2.45) is 5.73 Å². The lowest BCUT2D eigenvalue weighted by Crippen LogP contribution is -2.26. The lowest BCUT2D eigenvalue weighted by Gasteiger charge is -2.07. The van der Waals surface area contributed by atoms with Gasteiger partial charge in [-0.05, 0) is 23.8 Å². The molecule has 4 nitrogen and oxygen atoms in total. The standard InChI is InChI=1S/C15H14N2O2S/c16-14(20)12-6-4-5-11(9-12)10-17-15(18)19-13-7-2-1-3-8-13/h1-9H,10H2,(H2,16,20)(H,17,18). The van der Waals surface area contributed by atoms with E-state index >= 15 is 0 Å². The molecule has 0 fully saturated rings. The molecule has 0 aromatic heterocycles. The molecule has 20 heavy (non-hydrogen) atoms. The van der Waals surface area contributed by atoms with Gasteiger partial charge in [0, 0.05) is 12.1 Å². The Hall–Kier alpha value is -2.40. The third kappa shape index (κ3) is 4.07. The van der Waals surface area contributed by atoms with Crippen LogP contribution >= 0.6 is 12.2 Å². The van der Waals surface area contributed by atoms with Crippen molar-refractivity contribution in [1.82, 2.24) is 5.32 Å². The van der Waals surface area contributed by atoms with E-state index in [0.717, 1.165) is 11.1 Å². The first kappa shape index (κ1) is 14.0. The van der Waals surface area contributed by atoms with Gasteiger partial charge in [0.2, 0.25) is 0 Å². The van der Waals surface area contributed by atoms with E-state index in [-0.39, 0.29) is 0 Å². The van der Waals surface area contributed by atoms with Crippen molar-refractivity contribution in [3.63, 3.8) is 0 Å². The van der Waals surface area contributed by atoms with Gasteiger partial charge >= 0.3 is 6.09 Å². The molecule has 0 aliphatic carbocycles. The van der Waals surface area contributed by atoms with Gasteiger partial charge in [-0.1, -0.05) is 48.6 Å². The lowest BCUT2D eigenvalue weighted by atomic mass is 10.1. The van der Waals surface area contributed by atoms with Crippen molar-refractivity contribution in [1.29, 1.82) is 0 Å². The van der Waals surface area contributed by atoms with E-state index in [1.165, 1.54) is 0 Å². The molecule has 0 heterocycles. The van der Waals surface area contributed by atoms with Crippen LogP contribution in [0.4, 0.5) is 4.79 Å². The monoisotopic (exact) mass is 286 g/mol. The second kappa shape index (κ2) is 6.68. The topological polar surface area (TPSA) is 64.3 Å². The first-order valence-electron chi connectivity index (χ1n) is 6.04. The summed E-state index contributed by atoms with van der Waals surface area (Å²) in [7, 11) is 0. The third-order valence-electron chi connectivity index (χ3n) is 2.60. The predicted octanol–water partition coefficient (Wildman–Crippen LogP) is 2.61. The average Bonchev–Trinajstić information content (AvgIpc) is 2.46. The van der Waals surface area contributed by atoms with Gasteiger partial charge in [0.05, 0.1) is 0 Å². The van der Waals surface area contributed by atoms with Crippen LogP contribution in [0.25, 0.3) is 0 Å². The van der Waals surface area contributed by atoms with E-state index in [2.05, 4.69) is 5.32 Å². The number of hydrogen-bond acceptors (Lipinski definition) is 3. The summed E-state index contributed by atoms with van der Waals surface area (Å²) in [5.41, 5.74) is 7.24. The number of hydrogen-bond donors (Lipinski definition) is 2. The van der Waals surface area contributed by atoms with Gasteiger partial charge in [0.15, 0.2) is 0 Å². The van der Waals surface area contributed by atoms with Crippen molar-refractivity contribution in [2.45, 2.75) is 6.54 Å². The van der Waals surface area contributed by atoms with Crippen molar-refractivity contribution in [3.8, 4) is 5.75 Å². The SMILES string of the molecule is NC(=S)c1cccc(CNC(=O)Oc2ccccc2)c1. The molecule has 0 aliphatic rings. The molecule has 0 spiro atoms. The summed E-state index contributed by atoms with van der Waals surface area (Å²) in [5.74, 6) is 0.502. The van der Waals surface area contributed by atoms with E-state index in [0.29, 0.717) is 17.3 Å². The zero-order chi connectivity index (χ0) is 14.4. The molecule has 0 saturated carbocycles. The van der Waals surface area contributed by atoms with E-state index in [1.807, 2.05) is 30.3 Å². The van der Waals surface area contributed by atoms with E-state index in [4.69, 9.17) is 22.7 Å². The fraction of sp³-hybridized carbons (Fsp3) is 0.0667. The third-order valence-corrected chi connectivity index (χ3v) is 2.84. The molecular formula is C15H14N2O2S. The quantitative estimate of drug-likeness (QED) is 0.848. The number of amides is 1. The molecule has 5 heteroatoms. The number of para-hydroxylation sites is 1. The molecule has 2 rings (SSSR count). The average molecular weight is 286 g/mol. The summed E-state index contributed by atoms with van der Waals surface area (Å²) >= 11 is 4.91. The molecular weight excluding hydrogens is 272 g/mol. The maximum Gasteiger partial charge on any atom is 0.412 e. The van der Waals surface area contributed by atoms with Crippen LogP contribution in [0.5, 0.6) is 5.75 Å². The number of benzene rings is 2. The van der Waals surface area contributed by atoms with Gasteiger partial charge < -0.3 is 15.8 Å². The van der Waals surface area contributed by atoms with Gasteiger partial charge in [0.25, 0.3) is 0 Å². The van der Waals surface area contributed by atoms with Crippen LogP contribution in [-0.2, 0) is 6.54 Å². The zero-order valence-corrected chi connectivity index (χ0v) is 11.5. The minimum absolute atomic E-state index is 0.332. The molecule has 3 N–H and O–H groups in total. The molecule has 102 valence electrons. The highest BCUT2D eigenvalue weighted by atomic mass is 32.1. The second-order valence-corrected chi connectivity index (χ2v) is 4.56. The number of nitrogens with one attached hydrogen (secondary N) is 1. The van der Waals surface area contributed by atoms with Gasteiger partial charge in [0.1, 0.15) is 10.7 Å². The first-order valence-corrected chi connectivity index (χ1v) is 6.45. The maximum absolute atomic E-state index is 11.6. The summed E-state index contributed by atoms with van der Waals surface area (Å²) in [6.07, 6.45) is -0.503. The van der Waals surface area contributed by atoms with Crippen molar-refractivity contribution in [3.05, 3.63) is 65.7 Å². The maximum atomic E-state index is 11.6. The second-order valence-electron chi connectivity index (χ2n) is 4.12. The minimum atomic E-state index is -0.503. The Labute approximate surface area is 122 Å².